The zero-order valence-electron chi connectivity index (χ0n) is 70.6. The number of hydrogen-bond donors (Lipinski definition) is 5. The van der Waals surface area contributed by atoms with E-state index in [0.29, 0.717) is 100 Å². The van der Waals surface area contributed by atoms with E-state index < -0.39 is 0 Å². The predicted molar refractivity (Wildman–Crippen MR) is 503 cm³/mol. The van der Waals surface area contributed by atoms with E-state index in [2.05, 4.69) is 145 Å². The van der Waals surface area contributed by atoms with Gasteiger partial charge in [0.2, 0.25) is 0 Å². The third-order valence-corrected chi connectivity index (χ3v) is 21.2. The smallest absolute Gasteiger partial charge is 0.183 e. The van der Waals surface area contributed by atoms with Crippen molar-refractivity contribution in [2.24, 2.45) is 0 Å². The molecular weight excluding hydrogens is 1620 g/mol. The van der Waals surface area contributed by atoms with Crippen LogP contribution in [-0.2, 0) is 26.2 Å². The SMILES string of the molecule is CC(=O)c1cncc(-c2nc(NCc3ccccc3)c3c(-c4ccccc4)ccn3n2)c1.CC(=O)c1cncc(-c2nc(NCc3ccccn3)c3c(-c4ccccc4)ccn3n2)c1.CC(=O)c1cncc(-c2nc(NCc3ccccn3)c3c(-c4ccccc4)ccn3n2)c1.c1ccc(CNc2nc(-c3cncc(-c4ncn[nH]4)c3)nn3ccc(-c4ccccc4)c23)cc1. The molecule has 0 fully saturated rings. The highest BCUT2D eigenvalue weighted by Crippen LogP contribution is 2.37. The Morgan fingerprint density at radius 2 is 0.577 bits per heavy atom. The maximum absolute atomic E-state index is 11.8. The number of pyridine rings is 6. The minimum absolute atomic E-state index is 0.0461. The second-order valence-corrected chi connectivity index (χ2v) is 30.1. The lowest BCUT2D eigenvalue weighted by molar-refractivity contribution is 0.100. The van der Waals surface area contributed by atoms with Crippen LogP contribution in [0.5, 0.6) is 0 Å². The molecule has 15 heterocycles. The maximum Gasteiger partial charge on any atom is 0.183 e. The Hall–Kier alpha value is -18.0. The predicted octanol–water partition coefficient (Wildman–Crippen LogP) is 19.5. The van der Waals surface area contributed by atoms with Gasteiger partial charge in [-0.15, -0.1) is 20.4 Å². The highest BCUT2D eigenvalue weighted by Gasteiger charge is 2.23. The lowest BCUT2D eigenvalue weighted by atomic mass is 10.1. The first-order chi connectivity index (χ1) is 63.9. The number of aromatic amines is 1. The quantitative estimate of drug-likeness (QED) is 0.0351. The molecular formula is C102H81N25O3. The first kappa shape index (κ1) is 83.0. The fourth-order valence-corrected chi connectivity index (χ4v) is 14.7. The van der Waals surface area contributed by atoms with Gasteiger partial charge in [-0.05, 0) is 127 Å². The van der Waals surface area contributed by atoms with Crippen molar-refractivity contribution in [1.29, 1.82) is 0 Å². The van der Waals surface area contributed by atoms with Crippen molar-refractivity contribution in [1.82, 2.24) is 103 Å². The molecule has 0 aliphatic heterocycles. The molecule has 21 rings (SSSR count). The summed E-state index contributed by atoms with van der Waals surface area (Å²) in [6, 6.07) is 88.2. The Bertz CT molecular complexity index is 7000. The van der Waals surface area contributed by atoms with E-state index in [4.69, 9.17) is 40.3 Å². The molecule has 28 heteroatoms. The molecule has 0 aliphatic rings. The third-order valence-electron chi connectivity index (χ3n) is 21.2. The molecule has 0 atom stereocenters. The van der Waals surface area contributed by atoms with E-state index in [9.17, 15) is 14.4 Å². The van der Waals surface area contributed by atoms with Crippen LogP contribution >= 0.6 is 0 Å². The molecule has 5 N–H and O–H groups in total. The van der Waals surface area contributed by atoms with Crippen molar-refractivity contribution in [3.8, 4) is 101 Å². The average Bonchev–Trinajstić information content (AvgIpc) is 1.65. The largest absolute Gasteiger partial charge is 0.364 e. The van der Waals surface area contributed by atoms with Gasteiger partial charge in [-0.1, -0.05) is 194 Å². The van der Waals surface area contributed by atoms with E-state index >= 15 is 0 Å². The molecule has 0 radical (unpaired) electrons. The van der Waals surface area contributed by atoms with Crippen LogP contribution in [0.1, 0.15) is 74.4 Å². The summed E-state index contributed by atoms with van der Waals surface area (Å²) in [5.74, 6) is 5.33. The van der Waals surface area contributed by atoms with Crippen molar-refractivity contribution in [2.45, 2.75) is 47.0 Å². The van der Waals surface area contributed by atoms with Gasteiger partial charge in [-0.2, -0.15) is 5.10 Å². The standard InChI is InChI=1S/C26H20N8.C26H21N5O.2C25H20N6O/c1-3-7-18(8-4-1)14-28-26-23-22(19-9-5-2-6-10-19)11-12-34(23)33-25(31-26)21-13-20(15-27-16-21)24-29-17-30-32-24;1-18(32)21-14-22(17-27-16-21)25-29-26(28-15-19-8-4-2-5-9-19)24-23(12-13-31(24)30-25)20-10-6-3-7-11-20;2*1-17(32)19-13-20(15-26-14-19)24-29-25(28-16-21-9-5-6-11-27-21)23-22(10-12-31(23)30-24)18-7-3-2-4-8-18/h1-13,15-17H,14H2,(H,28,31,33)(H,29,30,32);2-14,16-17H,15H2,1H3,(H,28,29,30);2*2-15H,16H2,1H3,(H,28,29,30). The number of hydrogen-bond acceptors (Lipinski definition) is 23. The average molecular weight is 1700 g/mol. The Labute approximate surface area is 745 Å². The molecule has 0 saturated heterocycles. The van der Waals surface area contributed by atoms with Gasteiger partial charge in [-0.25, -0.2) is 43.0 Å². The summed E-state index contributed by atoms with van der Waals surface area (Å²) in [7, 11) is 0. The van der Waals surface area contributed by atoms with Crippen LogP contribution in [0.2, 0.25) is 0 Å². The van der Waals surface area contributed by atoms with Crippen molar-refractivity contribution >= 4 is 62.7 Å². The molecule has 0 spiro atoms. The molecule has 28 nitrogen and oxygen atoms in total. The number of rotatable bonds is 24. The molecule has 0 bridgehead atoms. The van der Waals surface area contributed by atoms with E-state index in [0.717, 1.165) is 106 Å². The molecule has 21 aromatic rings. The molecule has 130 heavy (non-hydrogen) atoms. The van der Waals surface area contributed by atoms with Crippen LogP contribution in [0.25, 0.3) is 124 Å². The van der Waals surface area contributed by atoms with Crippen LogP contribution in [0.3, 0.4) is 0 Å². The zero-order valence-corrected chi connectivity index (χ0v) is 70.6. The van der Waals surface area contributed by atoms with Gasteiger partial charge in [0.25, 0.3) is 0 Å². The monoisotopic (exact) mass is 1700 g/mol. The maximum atomic E-state index is 11.8. The summed E-state index contributed by atoms with van der Waals surface area (Å²) in [6.45, 7) is 6.85. The van der Waals surface area contributed by atoms with Crippen LogP contribution in [0, 0.1) is 0 Å². The molecule has 15 aromatic heterocycles. The van der Waals surface area contributed by atoms with Crippen molar-refractivity contribution in [3.05, 3.63) is 399 Å². The van der Waals surface area contributed by atoms with Crippen molar-refractivity contribution in [3.63, 3.8) is 0 Å². The normalized spacial score (nSPS) is 10.9. The Morgan fingerprint density at radius 1 is 0.292 bits per heavy atom. The number of carbonyl (C=O) groups is 3. The summed E-state index contributed by atoms with van der Waals surface area (Å²) in [6.07, 6.45) is 25.9. The molecule has 6 aromatic carbocycles. The van der Waals surface area contributed by atoms with Crippen LogP contribution in [-0.4, -0.2) is 121 Å². The fraction of sp³-hybridized carbons (Fsp3) is 0.0686. The molecule has 0 unspecified atom stereocenters. The van der Waals surface area contributed by atoms with Gasteiger partial charge >= 0.3 is 0 Å². The lowest BCUT2D eigenvalue weighted by Crippen LogP contribution is -2.08. The van der Waals surface area contributed by atoms with Gasteiger partial charge in [-0.3, -0.25) is 49.4 Å². The summed E-state index contributed by atoms with van der Waals surface area (Å²) < 4.78 is 7.33. The number of H-pyrrole nitrogens is 1. The summed E-state index contributed by atoms with van der Waals surface area (Å²) in [5.41, 5.74) is 21.4. The first-order valence-corrected chi connectivity index (χ1v) is 41.7. The van der Waals surface area contributed by atoms with Crippen LogP contribution in [0.4, 0.5) is 23.3 Å². The number of nitrogens with zero attached hydrogens (tertiary/aromatic N) is 20. The minimum Gasteiger partial charge on any atom is -0.364 e. The van der Waals surface area contributed by atoms with Gasteiger partial charge in [0, 0.05) is 167 Å². The fourth-order valence-electron chi connectivity index (χ4n) is 14.7. The summed E-state index contributed by atoms with van der Waals surface area (Å²) in [4.78, 5) is 84.9. The number of Topliss-reactive ketones (excluding diaryl/α,β-unsaturated/α-hetero) is 3. The highest BCUT2D eigenvalue weighted by molar-refractivity contribution is 5.98. The molecule has 0 amide bonds. The van der Waals surface area contributed by atoms with Gasteiger partial charge in [0.05, 0.1) is 24.5 Å². The van der Waals surface area contributed by atoms with E-state index in [1.54, 1.807) is 80.2 Å². The number of fused-ring (bicyclic) bond motifs is 4. The van der Waals surface area contributed by atoms with E-state index in [1.165, 1.54) is 32.7 Å². The molecule has 0 saturated carbocycles. The second-order valence-electron chi connectivity index (χ2n) is 30.1. The van der Waals surface area contributed by atoms with Gasteiger partial charge < -0.3 is 21.3 Å². The number of ketones is 3. The number of nitrogens with one attached hydrogen (secondary N) is 5. The Morgan fingerprint density at radius 3 is 0.869 bits per heavy atom. The topological polar surface area (TPSA) is 339 Å². The molecule has 632 valence electrons. The number of carbonyl (C=O) groups excluding carboxylic acids is 3. The third kappa shape index (κ3) is 19.2. The highest BCUT2D eigenvalue weighted by atomic mass is 16.1. The molecule has 0 aliphatic carbocycles. The number of benzene rings is 6. The lowest BCUT2D eigenvalue weighted by Gasteiger charge is -2.12. The Balaban J connectivity index is 0.000000117. The minimum atomic E-state index is -0.0544. The first-order valence-electron chi connectivity index (χ1n) is 41.7. The number of anilines is 4. The van der Waals surface area contributed by atoms with Crippen molar-refractivity contribution in [2.75, 3.05) is 21.3 Å². The Kier molecular flexibility index (Phi) is 24.8. The summed E-state index contributed by atoms with van der Waals surface area (Å²) >= 11 is 0. The van der Waals surface area contributed by atoms with Crippen LogP contribution < -0.4 is 21.3 Å². The van der Waals surface area contributed by atoms with Gasteiger partial charge in [0.1, 0.15) is 28.4 Å². The summed E-state index contributed by atoms with van der Waals surface area (Å²) in [5, 5.41) is 39.6. The zero-order chi connectivity index (χ0) is 88.5. The second kappa shape index (κ2) is 38.9. The van der Waals surface area contributed by atoms with Crippen molar-refractivity contribution < 1.29 is 14.4 Å². The van der Waals surface area contributed by atoms with Gasteiger partial charge in [0.15, 0.2) is 69.7 Å². The van der Waals surface area contributed by atoms with E-state index in [1.807, 2.05) is 213 Å². The number of aromatic nitrogens is 21. The van der Waals surface area contributed by atoms with E-state index in [-0.39, 0.29) is 17.3 Å². The van der Waals surface area contributed by atoms with Crippen LogP contribution in [0.15, 0.2) is 360 Å².